The molecule has 3 rings (SSSR count). The van der Waals surface area contributed by atoms with Crippen LogP contribution in [0.5, 0.6) is 0 Å². The second-order valence-electron chi connectivity index (χ2n) is 8.83. The van der Waals surface area contributed by atoms with E-state index in [1.165, 1.54) is 30.6 Å². The average Bonchev–Trinajstić information content (AvgIpc) is 2.78. The number of nitrogens with zero attached hydrogens (tertiary/aromatic N) is 2. The predicted octanol–water partition coefficient (Wildman–Crippen LogP) is 5.09. The summed E-state index contributed by atoms with van der Waals surface area (Å²) in [6.45, 7) is 10.7. The highest BCUT2D eigenvalue weighted by Gasteiger charge is 2.41. The van der Waals surface area contributed by atoms with Crippen molar-refractivity contribution in [1.29, 1.82) is 0 Å². The summed E-state index contributed by atoms with van der Waals surface area (Å²) in [5.74, 6) is 0.656. The summed E-state index contributed by atoms with van der Waals surface area (Å²) in [5.41, 5.74) is 3.68. The van der Waals surface area contributed by atoms with Crippen molar-refractivity contribution in [2.45, 2.75) is 47.0 Å². The summed E-state index contributed by atoms with van der Waals surface area (Å²) in [6, 6.07) is 10.8. The van der Waals surface area contributed by atoms with Gasteiger partial charge in [0.2, 0.25) is 0 Å². The Morgan fingerprint density at radius 3 is 2.14 bits per heavy atom. The van der Waals surface area contributed by atoms with E-state index in [0.717, 1.165) is 6.67 Å². The maximum atomic E-state index is 2.50. The Morgan fingerprint density at radius 1 is 0.955 bits per heavy atom. The summed E-state index contributed by atoms with van der Waals surface area (Å²) in [4.78, 5) is 4.82. The Labute approximate surface area is 135 Å². The minimum Gasteiger partial charge on any atom is -0.361 e. The van der Waals surface area contributed by atoms with Gasteiger partial charge in [-0.3, -0.25) is 0 Å². The molecule has 1 aromatic carbocycles. The second-order valence-corrected chi connectivity index (χ2v) is 8.83. The van der Waals surface area contributed by atoms with Crippen molar-refractivity contribution < 1.29 is 0 Å². The number of hydrogen-bond acceptors (Lipinski definition) is 2. The van der Waals surface area contributed by atoms with Crippen molar-refractivity contribution >= 4 is 5.69 Å². The topological polar surface area (TPSA) is 6.48 Å². The molecule has 1 aromatic rings. The molecule has 0 amide bonds. The number of para-hydroxylation sites is 1. The molecule has 1 saturated carbocycles. The van der Waals surface area contributed by atoms with Crippen LogP contribution in [-0.4, -0.2) is 18.6 Å². The third kappa shape index (κ3) is 3.16. The van der Waals surface area contributed by atoms with Crippen molar-refractivity contribution in [3.8, 4) is 0 Å². The Morgan fingerprint density at radius 2 is 1.55 bits per heavy atom. The molecule has 0 aromatic heterocycles. The van der Waals surface area contributed by atoms with Crippen molar-refractivity contribution in [2.75, 3.05) is 18.6 Å². The van der Waals surface area contributed by atoms with Crippen LogP contribution in [0, 0.1) is 16.7 Å². The van der Waals surface area contributed by atoms with Gasteiger partial charge in [0.15, 0.2) is 0 Å². The van der Waals surface area contributed by atoms with E-state index in [1.807, 2.05) is 0 Å². The van der Waals surface area contributed by atoms with E-state index < -0.39 is 0 Å². The number of hydrogen-bond donors (Lipinski definition) is 0. The molecule has 1 aliphatic heterocycles. The fourth-order valence-electron chi connectivity index (χ4n) is 4.86. The first-order valence-electron chi connectivity index (χ1n) is 8.50. The van der Waals surface area contributed by atoms with Crippen LogP contribution in [0.15, 0.2) is 42.2 Å². The molecule has 0 bridgehead atoms. The molecule has 120 valence electrons. The van der Waals surface area contributed by atoms with Gasteiger partial charge in [-0.2, -0.15) is 0 Å². The Kier molecular flexibility index (Phi) is 3.74. The quantitative estimate of drug-likeness (QED) is 0.750. The zero-order valence-corrected chi connectivity index (χ0v) is 14.8. The Hall–Kier alpha value is -1.44. The van der Waals surface area contributed by atoms with E-state index in [9.17, 15) is 0 Å². The molecule has 0 N–H and O–H groups in total. The first-order valence-corrected chi connectivity index (χ1v) is 8.50. The van der Waals surface area contributed by atoms with E-state index in [0.29, 0.717) is 16.7 Å². The van der Waals surface area contributed by atoms with Crippen LogP contribution in [0.3, 0.4) is 0 Å². The standard InChI is InChI=1S/C20H30N2/c1-19(2)11-16(12-20(3,4)14-19)18-13-21(5)15-22(18)17-9-7-6-8-10-17/h6-10,13,16H,11-12,14-15H2,1-5H3. The van der Waals surface area contributed by atoms with Crippen molar-refractivity contribution in [2.24, 2.45) is 16.7 Å². The molecular formula is C20H30N2. The summed E-state index contributed by atoms with van der Waals surface area (Å²) >= 11 is 0. The summed E-state index contributed by atoms with van der Waals surface area (Å²) in [7, 11) is 2.18. The van der Waals surface area contributed by atoms with Crippen LogP contribution >= 0.6 is 0 Å². The molecular weight excluding hydrogens is 268 g/mol. The largest absolute Gasteiger partial charge is 0.361 e. The number of allylic oxidation sites excluding steroid dienone is 1. The molecule has 0 radical (unpaired) electrons. The molecule has 0 unspecified atom stereocenters. The average molecular weight is 298 g/mol. The summed E-state index contributed by atoms with van der Waals surface area (Å²) in [5, 5.41) is 0. The molecule has 2 nitrogen and oxygen atoms in total. The second kappa shape index (κ2) is 5.33. The lowest BCUT2D eigenvalue weighted by Crippen LogP contribution is -2.37. The molecule has 0 saturated heterocycles. The summed E-state index contributed by atoms with van der Waals surface area (Å²) < 4.78 is 0. The molecule has 2 heteroatoms. The minimum atomic E-state index is 0.427. The molecule has 0 spiro atoms. The van der Waals surface area contributed by atoms with Crippen molar-refractivity contribution in [1.82, 2.24) is 4.90 Å². The highest BCUT2D eigenvalue weighted by Crippen LogP contribution is 2.51. The van der Waals surface area contributed by atoms with Crippen LogP contribution in [0.4, 0.5) is 5.69 Å². The fourth-order valence-corrected chi connectivity index (χ4v) is 4.86. The highest BCUT2D eigenvalue weighted by molar-refractivity contribution is 5.54. The van der Waals surface area contributed by atoms with E-state index in [4.69, 9.17) is 0 Å². The smallest absolute Gasteiger partial charge is 0.0941 e. The Balaban J connectivity index is 1.90. The van der Waals surface area contributed by atoms with Gasteiger partial charge in [-0.25, -0.2) is 0 Å². The van der Waals surface area contributed by atoms with Gasteiger partial charge in [-0.1, -0.05) is 45.9 Å². The van der Waals surface area contributed by atoms with E-state index >= 15 is 0 Å². The molecule has 0 atom stereocenters. The van der Waals surface area contributed by atoms with E-state index in [-0.39, 0.29) is 0 Å². The first-order chi connectivity index (χ1) is 10.3. The molecule has 1 aliphatic carbocycles. The van der Waals surface area contributed by atoms with Gasteiger partial charge in [0.1, 0.15) is 0 Å². The molecule has 1 fully saturated rings. The van der Waals surface area contributed by atoms with Crippen LogP contribution in [-0.2, 0) is 0 Å². The van der Waals surface area contributed by atoms with Crippen molar-refractivity contribution in [3.05, 3.63) is 42.2 Å². The normalized spacial score (nSPS) is 24.5. The number of rotatable bonds is 2. The number of anilines is 1. The monoisotopic (exact) mass is 298 g/mol. The number of benzene rings is 1. The predicted molar refractivity (Wildman–Crippen MR) is 94.5 cm³/mol. The van der Waals surface area contributed by atoms with Crippen LogP contribution in [0.1, 0.15) is 47.0 Å². The van der Waals surface area contributed by atoms with Gasteiger partial charge in [-0.05, 0) is 42.2 Å². The van der Waals surface area contributed by atoms with Gasteiger partial charge in [-0.15, -0.1) is 0 Å². The third-order valence-corrected chi connectivity index (χ3v) is 5.07. The molecule has 1 heterocycles. The molecule has 2 aliphatic rings. The van der Waals surface area contributed by atoms with Crippen molar-refractivity contribution in [3.63, 3.8) is 0 Å². The fraction of sp³-hybridized carbons (Fsp3) is 0.600. The summed E-state index contributed by atoms with van der Waals surface area (Å²) in [6.07, 6.45) is 6.28. The lowest BCUT2D eigenvalue weighted by atomic mass is 9.61. The van der Waals surface area contributed by atoms with E-state index in [2.05, 4.69) is 81.1 Å². The van der Waals surface area contributed by atoms with Gasteiger partial charge >= 0.3 is 0 Å². The van der Waals surface area contributed by atoms with Crippen LogP contribution in [0.2, 0.25) is 0 Å². The first kappa shape index (κ1) is 15.5. The van der Waals surface area contributed by atoms with Gasteiger partial charge < -0.3 is 9.80 Å². The maximum Gasteiger partial charge on any atom is 0.0941 e. The van der Waals surface area contributed by atoms with Gasteiger partial charge in [0, 0.05) is 30.5 Å². The van der Waals surface area contributed by atoms with Crippen LogP contribution < -0.4 is 4.90 Å². The maximum absolute atomic E-state index is 2.50. The highest BCUT2D eigenvalue weighted by atomic mass is 15.3. The van der Waals surface area contributed by atoms with Gasteiger partial charge in [0.05, 0.1) is 6.67 Å². The zero-order chi connectivity index (χ0) is 16.0. The lowest BCUT2D eigenvalue weighted by molar-refractivity contribution is 0.0812. The van der Waals surface area contributed by atoms with E-state index in [1.54, 1.807) is 0 Å². The zero-order valence-electron chi connectivity index (χ0n) is 14.8. The minimum absolute atomic E-state index is 0.427. The SMILES string of the molecule is CN1C=C(C2CC(C)(C)CC(C)(C)C2)N(c2ccccc2)C1. The third-order valence-electron chi connectivity index (χ3n) is 5.07. The lowest BCUT2D eigenvalue weighted by Gasteiger charge is -2.46. The van der Waals surface area contributed by atoms with Crippen LogP contribution in [0.25, 0.3) is 0 Å². The Bertz CT molecular complexity index is 540. The molecule has 22 heavy (non-hydrogen) atoms. The van der Waals surface area contributed by atoms with Gasteiger partial charge in [0.25, 0.3) is 0 Å².